The van der Waals surface area contributed by atoms with Crippen molar-refractivity contribution in [1.29, 1.82) is 0 Å². The minimum Gasteiger partial charge on any atom is -0.381 e. The maximum atomic E-state index is 13.4. The van der Waals surface area contributed by atoms with E-state index in [2.05, 4.69) is 10.00 Å². The van der Waals surface area contributed by atoms with Crippen LogP contribution in [-0.2, 0) is 27.4 Å². The highest BCUT2D eigenvalue weighted by molar-refractivity contribution is 5.92. The number of hydrogen-bond acceptors (Lipinski definition) is 5. The number of aryl methyl sites for hydroxylation is 1. The third-order valence-electron chi connectivity index (χ3n) is 6.84. The number of ether oxygens (including phenoxy) is 1. The Morgan fingerprint density at radius 2 is 1.79 bits per heavy atom. The molecular formula is C26H37N5O3. The number of benzene rings is 1. The predicted octanol–water partition coefficient (Wildman–Crippen LogP) is 2.85. The molecule has 1 aromatic carbocycles. The standard InChI is InChI=1S/C26H37N5O3/c1-21-17-27-30(18-21)20-26(33)29-13-5-11-28(24-9-15-34-16-10-24)12-6-14-31(22(2)32)25-8-4-3-7-23(25)19-29/h3-4,7-8,17-18,24H,5-6,9-16,19-20H2,1-2H3. The molecular weight excluding hydrogens is 430 g/mol. The molecule has 0 radical (unpaired) electrons. The number of anilines is 1. The molecule has 0 saturated carbocycles. The number of amides is 2. The van der Waals surface area contributed by atoms with Crippen LogP contribution in [0, 0.1) is 6.92 Å². The molecule has 0 bridgehead atoms. The first-order valence-corrected chi connectivity index (χ1v) is 12.5. The highest BCUT2D eigenvalue weighted by Gasteiger charge is 2.25. The molecule has 34 heavy (non-hydrogen) atoms. The number of para-hydroxylation sites is 1. The SMILES string of the molecule is CC(=O)N1CCCN(C2CCOCC2)CCCN(C(=O)Cn2cc(C)cn2)Cc2ccccc21. The quantitative estimate of drug-likeness (QED) is 0.694. The molecule has 2 amide bonds. The number of rotatable bonds is 3. The lowest BCUT2D eigenvalue weighted by atomic mass is 10.1. The van der Waals surface area contributed by atoms with Crippen molar-refractivity contribution in [3.8, 4) is 0 Å². The number of carbonyl (C=O) groups excluding carboxylic acids is 2. The molecule has 1 fully saturated rings. The monoisotopic (exact) mass is 467 g/mol. The topological polar surface area (TPSA) is 70.9 Å². The van der Waals surface area contributed by atoms with Gasteiger partial charge in [0.05, 0.1) is 6.20 Å². The van der Waals surface area contributed by atoms with Gasteiger partial charge in [0.15, 0.2) is 0 Å². The number of nitrogens with zero attached hydrogens (tertiary/aromatic N) is 5. The third kappa shape index (κ3) is 6.24. The van der Waals surface area contributed by atoms with Gasteiger partial charge in [-0.1, -0.05) is 18.2 Å². The van der Waals surface area contributed by atoms with Crippen LogP contribution in [0.25, 0.3) is 0 Å². The van der Waals surface area contributed by atoms with Crippen molar-refractivity contribution in [3.63, 3.8) is 0 Å². The van der Waals surface area contributed by atoms with E-state index in [1.54, 1.807) is 17.8 Å². The van der Waals surface area contributed by atoms with Crippen LogP contribution in [0.15, 0.2) is 36.7 Å². The molecule has 2 aliphatic rings. The van der Waals surface area contributed by atoms with Crippen molar-refractivity contribution in [2.24, 2.45) is 0 Å². The highest BCUT2D eigenvalue weighted by Crippen LogP contribution is 2.24. The molecule has 2 aliphatic heterocycles. The van der Waals surface area contributed by atoms with E-state index in [1.807, 2.05) is 47.2 Å². The fourth-order valence-electron chi connectivity index (χ4n) is 5.07. The molecule has 0 atom stereocenters. The molecule has 8 heteroatoms. The van der Waals surface area contributed by atoms with Crippen molar-refractivity contribution in [2.75, 3.05) is 44.3 Å². The minimum atomic E-state index is 0.0343. The van der Waals surface area contributed by atoms with E-state index in [4.69, 9.17) is 4.74 Å². The molecule has 1 aromatic heterocycles. The molecule has 8 nitrogen and oxygen atoms in total. The zero-order chi connectivity index (χ0) is 23.9. The summed E-state index contributed by atoms with van der Waals surface area (Å²) in [6, 6.07) is 8.48. The maximum Gasteiger partial charge on any atom is 0.244 e. The lowest BCUT2D eigenvalue weighted by Crippen LogP contribution is -2.44. The Morgan fingerprint density at radius 1 is 1.06 bits per heavy atom. The van der Waals surface area contributed by atoms with Gasteiger partial charge in [-0.2, -0.15) is 5.10 Å². The average Bonchev–Trinajstić information content (AvgIpc) is 3.24. The van der Waals surface area contributed by atoms with Crippen LogP contribution in [0.1, 0.15) is 43.7 Å². The Balaban J connectivity index is 1.58. The van der Waals surface area contributed by atoms with Gasteiger partial charge in [-0.15, -0.1) is 0 Å². The van der Waals surface area contributed by atoms with E-state index < -0.39 is 0 Å². The zero-order valence-corrected chi connectivity index (χ0v) is 20.5. The van der Waals surface area contributed by atoms with Gasteiger partial charge in [-0.25, -0.2) is 0 Å². The summed E-state index contributed by atoms with van der Waals surface area (Å²) in [5.41, 5.74) is 2.95. The second kappa shape index (κ2) is 11.6. The van der Waals surface area contributed by atoms with Gasteiger partial charge < -0.3 is 19.4 Å². The number of aromatic nitrogens is 2. The van der Waals surface area contributed by atoms with Crippen LogP contribution in [0.5, 0.6) is 0 Å². The van der Waals surface area contributed by atoms with Gasteiger partial charge >= 0.3 is 0 Å². The second-order valence-electron chi connectivity index (χ2n) is 9.42. The lowest BCUT2D eigenvalue weighted by Gasteiger charge is -2.36. The van der Waals surface area contributed by atoms with E-state index in [1.165, 1.54) is 0 Å². The summed E-state index contributed by atoms with van der Waals surface area (Å²) in [6.07, 6.45) is 7.59. The summed E-state index contributed by atoms with van der Waals surface area (Å²) in [5, 5.41) is 4.30. The number of hydrogen-bond donors (Lipinski definition) is 0. The van der Waals surface area contributed by atoms with Crippen LogP contribution in [-0.4, -0.2) is 76.8 Å². The van der Waals surface area contributed by atoms with E-state index in [9.17, 15) is 9.59 Å². The van der Waals surface area contributed by atoms with Crippen molar-refractivity contribution in [2.45, 2.75) is 58.7 Å². The largest absolute Gasteiger partial charge is 0.381 e. The van der Waals surface area contributed by atoms with Gasteiger partial charge in [-0.05, 0) is 49.8 Å². The van der Waals surface area contributed by atoms with Crippen molar-refractivity contribution in [3.05, 3.63) is 47.8 Å². The zero-order valence-electron chi connectivity index (χ0n) is 20.5. The fraction of sp³-hybridized carbons (Fsp3) is 0.577. The average molecular weight is 468 g/mol. The van der Waals surface area contributed by atoms with Crippen LogP contribution < -0.4 is 4.90 Å². The van der Waals surface area contributed by atoms with E-state index in [0.29, 0.717) is 25.7 Å². The van der Waals surface area contributed by atoms with Gasteiger partial charge in [0.1, 0.15) is 6.54 Å². The summed E-state index contributed by atoms with van der Waals surface area (Å²) in [7, 11) is 0. The smallest absolute Gasteiger partial charge is 0.244 e. The normalized spacial score (nSPS) is 19.2. The Labute approximate surface area is 202 Å². The lowest BCUT2D eigenvalue weighted by molar-refractivity contribution is -0.132. The Bertz CT molecular complexity index is 969. The van der Waals surface area contributed by atoms with Crippen molar-refractivity contribution >= 4 is 17.5 Å². The molecule has 3 heterocycles. The summed E-state index contributed by atoms with van der Waals surface area (Å²) in [6.45, 7) is 9.15. The molecule has 0 spiro atoms. The molecule has 0 aliphatic carbocycles. The van der Waals surface area contributed by atoms with Gasteiger partial charge in [0.25, 0.3) is 0 Å². The van der Waals surface area contributed by atoms with E-state index >= 15 is 0 Å². The Kier molecular flexibility index (Phi) is 8.34. The maximum absolute atomic E-state index is 13.4. The summed E-state index contributed by atoms with van der Waals surface area (Å²) < 4.78 is 7.29. The van der Waals surface area contributed by atoms with Crippen molar-refractivity contribution in [1.82, 2.24) is 19.6 Å². The van der Waals surface area contributed by atoms with Crippen molar-refractivity contribution < 1.29 is 14.3 Å². The summed E-state index contributed by atoms with van der Waals surface area (Å²) >= 11 is 0. The fourth-order valence-corrected chi connectivity index (χ4v) is 5.07. The van der Waals surface area contributed by atoms with Gasteiger partial charge in [-0.3, -0.25) is 14.3 Å². The second-order valence-corrected chi connectivity index (χ2v) is 9.42. The Morgan fingerprint density at radius 3 is 2.50 bits per heavy atom. The summed E-state index contributed by atoms with van der Waals surface area (Å²) in [4.78, 5) is 32.3. The molecule has 1 saturated heterocycles. The number of carbonyl (C=O) groups is 2. The van der Waals surface area contributed by atoms with E-state index in [-0.39, 0.29) is 18.4 Å². The third-order valence-corrected chi connectivity index (χ3v) is 6.84. The summed E-state index contributed by atoms with van der Waals surface area (Å²) in [5.74, 6) is 0.0778. The molecule has 2 aromatic rings. The molecule has 4 rings (SSSR count). The Hall–Kier alpha value is -2.71. The van der Waals surface area contributed by atoms with Crippen LogP contribution in [0.2, 0.25) is 0 Å². The minimum absolute atomic E-state index is 0.0343. The predicted molar refractivity (Wildman–Crippen MR) is 131 cm³/mol. The van der Waals surface area contributed by atoms with Gasteiger partial charge in [0, 0.05) is 70.8 Å². The van der Waals surface area contributed by atoms with Crippen LogP contribution in [0.3, 0.4) is 0 Å². The first-order chi connectivity index (χ1) is 16.5. The molecule has 184 valence electrons. The first-order valence-electron chi connectivity index (χ1n) is 12.5. The van der Waals surface area contributed by atoms with Crippen LogP contribution in [0.4, 0.5) is 5.69 Å². The van der Waals surface area contributed by atoms with E-state index in [0.717, 1.165) is 68.8 Å². The molecule has 0 unspecified atom stereocenters. The highest BCUT2D eigenvalue weighted by atomic mass is 16.5. The van der Waals surface area contributed by atoms with Gasteiger partial charge in [0.2, 0.25) is 11.8 Å². The molecule has 0 N–H and O–H groups in total. The number of fused-ring (bicyclic) bond motifs is 1. The van der Waals surface area contributed by atoms with Crippen LogP contribution >= 0.6 is 0 Å². The first kappa shape index (κ1) is 24.4.